The molecule has 2 aromatic rings. The van der Waals surface area contributed by atoms with Gasteiger partial charge < -0.3 is 14.7 Å². The summed E-state index contributed by atoms with van der Waals surface area (Å²) in [4.78, 5) is 19.2. The average molecular weight is 300 g/mol. The first kappa shape index (κ1) is 14.9. The highest BCUT2D eigenvalue weighted by molar-refractivity contribution is 6.05. The molecule has 3 rings (SSSR count). The number of nitrogens with zero attached hydrogens (tertiary/aromatic N) is 2. The van der Waals surface area contributed by atoms with Crippen LogP contribution >= 0.6 is 0 Å². The quantitative estimate of drug-likeness (QED) is 0.918. The van der Waals surface area contributed by atoms with Crippen LogP contribution in [0.2, 0.25) is 0 Å². The fourth-order valence-corrected chi connectivity index (χ4v) is 2.78. The molecule has 1 aromatic heterocycles. The van der Waals surface area contributed by atoms with Gasteiger partial charge >= 0.3 is 0 Å². The van der Waals surface area contributed by atoms with Gasteiger partial charge in [-0.25, -0.2) is 0 Å². The minimum Gasteiger partial charge on any atom is -0.394 e. The third kappa shape index (κ3) is 2.69. The summed E-state index contributed by atoms with van der Waals surface area (Å²) >= 11 is 0. The van der Waals surface area contributed by atoms with Crippen LogP contribution in [0.3, 0.4) is 0 Å². The summed E-state index contributed by atoms with van der Waals surface area (Å²) in [6.07, 6.45) is -0.315. The molecule has 1 saturated heterocycles. The lowest BCUT2D eigenvalue weighted by molar-refractivity contribution is -0.0667. The van der Waals surface area contributed by atoms with Gasteiger partial charge in [-0.15, -0.1) is 0 Å². The number of hydrogen-bond donors (Lipinski definition) is 1. The molecule has 1 amide bonds. The van der Waals surface area contributed by atoms with Crippen molar-refractivity contribution >= 4 is 16.8 Å². The highest BCUT2D eigenvalue weighted by Crippen LogP contribution is 2.22. The van der Waals surface area contributed by atoms with E-state index in [4.69, 9.17) is 4.74 Å². The van der Waals surface area contributed by atoms with Crippen LogP contribution in [0.15, 0.2) is 30.3 Å². The number of amides is 1. The number of morpholine rings is 1. The number of carbonyl (C=O) groups is 1. The summed E-state index contributed by atoms with van der Waals surface area (Å²) in [5, 5.41) is 10.2. The van der Waals surface area contributed by atoms with Gasteiger partial charge in [-0.3, -0.25) is 9.78 Å². The first-order valence-corrected chi connectivity index (χ1v) is 7.50. The van der Waals surface area contributed by atoms with E-state index in [0.717, 1.165) is 16.6 Å². The highest BCUT2D eigenvalue weighted by Gasteiger charge is 2.30. The Morgan fingerprint density at radius 2 is 2.23 bits per heavy atom. The van der Waals surface area contributed by atoms with Gasteiger partial charge in [0.2, 0.25) is 0 Å². The van der Waals surface area contributed by atoms with Crippen LogP contribution in [0, 0.1) is 6.92 Å². The lowest BCUT2D eigenvalue weighted by Gasteiger charge is -2.37. The van der Waals surface area contributed by atoms with Crippen molar-refractivity contribution in [2.75, 3.05) is 19.8 Å². The fraction of sp³-hybridized carbons (Fsp3) is 0.412. The van der Waals surface area contributed by atoms with E-state index in [1.165, 1.54) is 0 Å². The van der Waals surface area contributed by atoms with Crippen molar-refractivity contribution in [3.63, 3.8) is 0 Å². The molecule has 0 bridgehead atoms. The summed E-state index contributed by atoms with van der Waals surface area (Å²) in [6, 6.07) is 9.55. The van der Waals surface area contributed by atoms with Gasteiger partial charge in [0.1, 0.15) is 0 Å². The van der Waals surface area contributed by atoms with Gasteiger partial charge in [-0.1, -0.05) is 18.2 Å². The van der Waals surface area contributed by atoms with Crippen molar-refractivity contribution in [1.29, 1.82) is 0 Å². The van der Waals surface area contributed by atoms with Crippen LogP contribution in [0.5, 0.6) is 0 Å². The molecule has 0 aliphatic carbocycles. The minimum absolute atomic E-state index is 0.0182. The van der Waals surface area contributed by atoms with Crippen molar-refractivity contribution < 1.29 is 14.6 Å². The Kier molecular flexibility index (Phi) is 4.09. The Labute approximate surface area is 129 Å². The maximum atomic E-state index is 12.9. The third-order valence-electron chi connectivity index (χ3n) is 4.06. The van der Waals surface area contributed by atoms with Crippen molar-refractivity contribution in [1.82, 2.24) is 9.88 Å². The Bertz CT molecular complexity index is 701. The lowest BCUT2D eigenvalue weighted by atomic mass is 10.1. The zero-order valence-electron chi connectivity index (χ0n) is 12.8. The first-order chi connectivity index (χ1) is 10.6. The predicted molar refractivity (Wildman–Crippen MR) is 83.8 cm³/mol. The Balaban J connectivity index is 1.99. The zero-order valence-corrected chi connectivity index (χ0v) is 12.8. The van der Waals surface area contributed by atoms with E-state index in [1.54, 1.807) is 4.90 Å². The smallest absolute Gasteiger partial charge is 0.256 e. The molecule has 5 heteroatoms. The number of aliphatic hydroxyl groups is 1. The Morgan fingerprint density at radius 3 is 3.00 bits per heavy atom. The van der Waals surface area contributed by atoms with E-state index in [0.29, 0.717) is 18.7 Å². The van der Waals surface area contributed by atoms with Gasteiger partial charge in [-0.2, -0.15) is 0 Å². The second-order valence-electron chi connectivity index (χ2n) is 5.77. The monoisotopic (exact) mass is 300 g/mol. The van der Waals surface area contributed by atoms with E-state index in [9.17, 15) is 9.90 Å². The molecule has 2 unspecified atom stereocenters. The molecule has 116 valence electrons. The maximum Gasteiger partial charge on any atom is 0.256 e. The average Bonchev–Trinajstić information content (AvgIpc) is 2.54. The van der Waals surface area contributed by atoms with E-state index in [-0.39, 0.29) is 24.7 Å². The topological polar surface area (TPSA) is 62.7 Å². The molecule has 0 spiro atoms. The molecule has 1 fully saturated rings. The molecule has 1 aliphatic heterocycles. The van der Waals surface area contributed by atoms with Crippen LogP contribution in [0.25, 0.3) is 10.9 Å². The number of hydrogen-bond acceptors (Lipinski definition) is 4. The molecule has 0 saturated carbocycles. The first-order valence-electron chi connectivity index (χ1n) is 7.50. The van der Waals surface area contributed by atoms with Crippen LogP contribution in [-0.4, -0.2) is 52.8 Å². The second-order valence-corrected chi connectivity index (χ2v) is 5.77. The molecule has 1 aliphatic rings. The SMILES string of the molecule is Cc1ccc2cccc(C(=O)N3CC(CO)OCC3C)c2n1. The number of ether oxygens (including phenoxy) is 1. The van der Waals surface area contributed by atoms with Gasteiger partial charge in [-0.05, 0) is 26.0 Å². The van der Waals surface area contributed by atoms with Crippen molar-refractivity contribution in [3.05, 3.63) is 41.6 Å². The predicted octanol–water partition coefficient (Wildman–Crippen LogP) is 1.77. The standard InChI is InChI=1S/C17H20N2O3/c1-11-6-7-13-4-3-5-15(16(13)18-11)17(21)19-8-14(9-20)22-10-12(19)2/h3-7,12,14,20H,8-10H2,1-2H3. The van der Waals surface area contributed by atoms with E-state index >= 15 is 0 Å². The largest absolute Gasteiger partial charge is 0.394 e. The molecule has 1 N–H and O–H groups in total. The van der Waals surface area contributed by atoms with Gasteiger partial charge in [0.05, 0.1) is 36.4 Å². The maximum absolute atomic E-state index is 12.9. The van der Waals surface area contributed by atoms with Gasteiger partial charge in [0.25, 0.3) is 5.91 Å². The summed E-state index contributed by atoms with van der Waals surface area (Å²) in [6.45, 7) is 4.63. The van der Waals surface area contributed by atoms with Crippen molar-refractivity contribution in [2.45, 2.75) is 26.0 Å². The van der Waals surface area contributed by atoms with E-state index in [2.05, 4.69) is 4.98 Å². The van der Waals surface area contributed by atoms with Gasteiger partial charge in [0, 0.05) is 17.6 Å². The highest BCUT2D eigenvalue weighted by atomic mass is 16.5. The summed E-state index contributed by atoms with van der Waals surface area (Å²) in [5.74, 6) is -0.0575. The molecule has 5 nitrogen and oxygen atoms in total. The number of fused-ring (bicyclic) bond motifs is 1. The number of pyridine rings is 1. The van der Waals surface area contributed by atoms with Crippen molar-refractivity contribution in [3.8, 4) is 0 Å². The number of para-hydroxylation sites is 1. The third-order valence-corrected chi connectivity index (χ3v) is 4.06. The lowest BCUT2D eigenvalue weighted by Crippen LogP contribution is -2.52. The molecular formula is C17H20N2O3. The Hall–Kier alpha value is -1.98. The molecule has 22 heavy (non-hydrogen) atoms. The van der Waals surface area contributed by atoms with E-state index in [1.807, 2.05) is 44.2 Å². The summed E-state index contributed by atoms with van der Waals surface area (Å²) in [5.41, 5.74) is 2.22. The molecule has 1 aromatic carbocycles. The zero-order chi connectivity index (χ0) is 15.7. The van der Waals surface area contributed by atoms with Crippen LogP contribution in [0.1, 0.15) is 23.0 Å². The van der Waals surface area contributed by atoms with Crippen LogP contribution < -0.4 is 0 Å². The number of benzene rings is 1. The Morgan fingerprint density at radius 1 is 1.41 bits per heavy atom. The molecule has 2 atom stereocenters. The molecule has 0 radical (unpaired) electrons. The van der Waals surface area contributed by atoms with Crippen LogP contribution in [0.4, 0.5) is 0 Å². The van der Waals surface area contributed by atoms with E-state index < -0.39 is 0 Å². The number of aryl methyl sites for hydroxylation is 1. The summed E-state index contributed by atoms with van der Waals surface area (Å²) in [7, 11) is 0. The van der Waals surface area contributed by atoms with Crippen LogP contribution in [-0.2, 0) is 4.74 Å². The summed E-state index contributed by atoms with van der Waals surface area (Å²) < 4.78 is 5.50. The van der Waals surface area contributed by atoms with Gasteiger partial charge in [0.15, 0.2) is 0 Å². The number of rotatable bonds is 2. The molecule has 2 heterocycles. The normalized spacial score (nSPS) is 22.0. The van der Waals surface area contributed by atoms with Crippen molar-refractivity contribution in [2.24, 2.45) is 0 Å². The minimum atomic E-state index is -0.315. The number of carbonyl (C=O) groups excluding carboxylic acids is 1. The number of aromatic nitrogens is 1. The number of aliphatic hydroxyl groups excluding tert-OH is 1. The molecular weight excluding hydrogens is 280 g/mol. The second kappa shape index (κ2) is 6.02. The fourth-order valence-electron chi connectivity index (χ4n) is 2.78.